The second kappa shape index (κ2) is 6.17. The lowest BCUT2D eigenvalue weighted by Gasteiger charge is -2.19. The van der Waals surface area contributed by atoms with Crippen LogP contribution in [0.3, 0.4) is 0 Å². The van der Waals surface area contributed by atoms with Crippen LogP contribution in [0.25, 0.3) is 0 Å². The maximum atomic E-state index is 11.2. The van der Waals surface area contributed by atoms with Gasteiger partial charge in [-0.15, -0.1) is 0 Å². The van der Waals surface area contributed by atoms with Gasteiger partial charge in [0.05, 0.1) is 5.75 Å². The summed E-state index contributed by atoms with van der Waals surface area (Å²) >= 11 is 0. The molecule has 0 aliphatic rings. The van der Waals surface area contributed by atoms with Crippen molar-refractivity contribution in [2.75, 3.05) is 18.6 Å². The van der Waals surface area contributed by atoms with E-state index in [4.69, 9.17) is 0 Å². The van der Waals surface area contributed by atoms with Crippen LogP contribution in [0, 0.1) is 6.92 Å². The Morgan fingerprint density at radius 2 is 1.94 bits per heavy atom. The van der Waals surface area contributed by atoms with E-state index in [9.17, 15) is 8.42 Å². The van der Waals surface area contributed by atoms with E-state index in [1.807, 2.05) is 19.1 Å². The van der Waals surface area contributed by atoms with Crippen LogP contribution in [-0.4, -0.2) is 27.0 Å². The summed E-state index contributed by atoms with van der Waals surface area (Å²) in [6, 6.07) is 8.23. The third-order valence-corrected chi connectivity index (χ3v) is 3.77. The molecule has 1 rings (SSSR count). The van der Waals surface area contributed by atoms with Crippen LogP contribution < -0.4 is 5.32 Å². The van der Waals surface area contributed by atoms with Crippen LogP contribution in [-0.2, 0) is 9.84 Å². The highest BCUT2D eigenvalue weighted by Crippen LogP contribution is 2.20. The summed E-state index contributed by atoms with van der Waals surface area (Å²) in [6.07, 6.45) is 1.91. The van der Waals surface area contributed by atoms with Gasteiger partial charge in [-0.3, -0.25) is 0 Å². The van der Waals surface area contributed by atoms with E-state index in [0.29, 0.717) is 6.42 Å². The Balaban J connectivity index is 2.82. The Hall–Kier alpha value is -0.870. The molecule has 1 unspecified atom stereocenters. The number of hydrogen-bond acceptors (Lipinski definition) is 3. The van der Waals surface area contributed by atoms with Crippen molar-refractivity contribution in [1.82, 2.24) is 5.32 Å². The van der Waals surface area contributed by atoms with E-state index in [-0.39, 0.29) is 11.8 Å². The average molecular weight is 255 g/mol. The monoisotopic (exact) mass is 255 g/mol. The minimum absolute atomic E-state index is 0.121. The van der Waals surface area contributed by atoms with Gasteiger partial charge >= 0.3 is 0 Å². The molecular formula is C13H21NO2S. The first kappa shape index (κ1) is 14.2. The Kier molecular flexibility index (Phi) is 5.15. The molecule has 0 saturated carbocycles. The summed E-state index contributed by atoms with van der Waals surface area (Å²) < 4.78 is 22.5. The van der Waals surface area contributed by atoms with E-state index in [0.717, 1.165) is 6.54 Å². The van der Waals surface area contributed by atoms with Gasteiger partial charge in [0.1, 0.15) is 9.84 Å². The van der Waals surface area contributed by atoms with Crippen LogP contribution in [0.1, 0.15) is 30.5 Å². The fourth-order valence-electron chi connectivity index (χ4n) is 1.92. The first-order valence-electron chi connectivity index (χ1n) is 5.90. The van der Waals surface area contributed by atoms with Crippen molar-refractivity contribution in [1.29, 1.82) is 0 Å². The van der Waals surface area contributed by atoms with E-state index in [1.54, 1.807) is 0 Å². The molecule has 1 atom stereocenters. The molecule has 96 valence electrons. The minimum Gasteiger partial charge on any atom is -0.310 e. The predicted molar refractivity (Wildman–Crippen MR) is 71.9 cm³/mol. The number of nitrogens with one attached hydrogen (secondary N) is 1. The van der Waals surface area contributed by atoms with Crippen molar-refractivity contribution in [3.63, 3.8) is 0 Å². The second-order valence-electron chi connectivity index (χ2n) is 4.39. The molecule has 0 aliphatic carbocycles. The van der Waals surface area contributed by atoms with Gasteiger partial charge in [-0.05, 0) is 31.0 Å². The zero-order chi connectivity index (χ0) is 12.9. The normalized spacial score (nSPS) is 13.6. The zero-order valence-electron chi connectivity index (χ0n) is 10.7. The van der Waals surface area contributed by atoms with Crippen LogP contribution in [0.4, 0.5) is 0 Å². The standard InChI is InChI=1S/C13H21NO2S/c1-4-14-13(9-10-17(3,15)16)12-8-6-5-7-11(12)2/h5-8,13-14H,4,9-10H2,1-3H3. The van der Waals surface area contributed by atoms with Crippen molar-refractivity contribution < 1.29 is 8.42 Å². The Bertz CT molecular complexity index is 454. The van der Waals surface area contributed by atoms with Crippen molar-refractivity contribution in [2.45, 2.75) is 26.3 Å². The number of hydrogen-bond donors (Lipinski definition) is 1. The second-order valence-corrected chi connectivity index (χ2v) is 6.65. The van der Waals surface area contributed by atoms with Crippen molar-refractivity contribution in [2.24, 2.45) is 0 Å². The van der Waals surface area contributed by atoms with E-state index in [2.05, 4.69) is 24.4 Å². The lowest BCUT2D eigenvalue weighted by atomic mass is 9.99. The van der Waals surface area contributed by atoms with Crippen LogP contribution in [0.15, 0.2) is 24.3 Å². The van der Waals surface area contributed by atoms with E-state index in [1.165, 1.54) is 17.4 Å². The SMILES string of the molecule is CCNC(CCS(C)(=O)=O)c1ccccc1C. The van der Waals surface area contributed by atoms with Gasteiger partial charge in [-0.1, -0.05) is 31.2 Å². The number of aryl methyl sites for hydroxylation is 1. The van der Waals surface area contributed by atoms with E-state index < -0.39 is 9.84 Å². The Labute approximate surface area is 104 Å². The summed E-state index contributed by atoms with van der Waals surface area (Å²) in [4.78, 5) is 0. The smallest absolute Gasteiger partial charge is 0.147 e. The third-order valence-electron chi connectivity index (χ3n) is 2.79. The largest absolute Gasteiger partial charge is 0.310 e. The molecule has 17 heavy (non-hydrogen) atoms. The fraction of sp³-hybridized carbons (Fsp3) is 0.538. The van der Waals surface area contributed by atoms with Gasteiger partial charge < -0.3 is 5.32 Å². The maximum absolute atomic E-state index is 11.2. The molecule has 0 aromatic heterocycles. The average Bonchev–Trinajstić information content (AvgIpc) is 2.24. The summed E-state index contributed by atoms with van der Waals surface area (Å²) in [6.45, 7) is 4.93. The van der Waals surface area contributed by atoms with Crippen molar-refractivity contribution in [3.8, 4) is 0 Å². The van der Waals surface area contributed by atoms with Gasteiger partial charge in [0.15, 0.2) is 0 Å². The van der Waals surface area contributed by atoms with Gasteiger partial charge in [0.2, 0.25) is 0 Å². The molecular weight excluding hydrogens is 234 g/mol. The van der Waals surface area contributed by atoms with Gasteiger partial charge in [0.25, 0.3) is 0 Å². The van der Waals surface area contributed by atoms with Crippen LogP contribution >= 0.6 is 0 Å². The van der Waals surface area contributed by atoms with Gasteiger partial charge in [-0.25, -0.2) is 8.42 Å². The highest BCUT2D eigenvalue weighted by Gasteiger charge is 2.14. The maximum Gasteiger partial charge on any atom is 0.147 e. The minimum atomic E-state index is -2.90. The Morgan fingerprint density at radius 1 is 1.29 bits per heavy atom. The molecule has 0 fully saturated rings. The molecule has 0 amide bonds. The summed E-state index contributed by atoms with van der Waals surface area (Å²) in [5.41, 5.74) is 2.39. The highest BCUT2D eigenvalue weighted by molar-refractivity contribution is 7.90. The number of sulfone groups is 1. The zero-order valence-corrected chi connectivity index (χ0v) is 11.5. The molecule has 0 spiro atoms. The highest BCUT2D eigenvalue weighted by atomic mass is 32.2. The molecule has 1 aromatic carbocycles. The molecule has 0 aliphatic heterocycles. The summed E-state index contributed by atoms with van der Waals surface area (Å²) in [7, 11) is -2.90. The Morgan fingerprint density at radius 3 is 2.47 bits per heavy atom. The van der Waals surface area contributed by atoms with Crippen LogP contribution in [0.2, 0.25) is 0 Å². The third kappa shape index (κ3) is 4.88. The first-order valence-corrected chi connectivity index (χ1v) is 7.96. The molecule has 0 bridgehead atoms. The first-order chi connectivity index (χ1) is 7.94. The molecule has 1 N–H and O–H groups in total. The predicted octanol–water partition coefficient (Wildman–Crippen LogP) is 2.08. The molecule has 0 saturated heterocycles. The summed E-state index contributed by atoms with van der Waals surface area (Å²) in [5, 5.41) is 3.35. The lowest BCUT2D eigenvalue weighted by Crippen LogP contribution is -2.24. The molecule has 4 heteroatoms. The topological polar surface area (TPSA) is 46.2 Å². The molecule has 1 aromatic rings. The van der Waals surface area contributed by atoms with Crippen molar-refractivity contribution >= 4 is 9.84 Å². The lowest BCUT2D eigenvalue weighted by molar-refractivity contribution is 0.528. The summed E-state index contributed by atoms with van der Waals surface area (Å²) in [5.74, 6) is 0.221. The molecule has 3 nitrogen and oxygen atoms in total. The number of rotatable bonds is 6. The van der Waals surface area contributed by atoms with E-state index >= 15 is 0 Å². The molecule has 0 radical (unpaired) electrons. The quantitative estimate of drug-likeness (QED) is 0.846. The molecule has 0 heterocycles. The van der Waals surface area contributed by atoms with Crippen LogP contribution in [0.5, 0.6) is 0 Å². The van der Waals surface area contributed by atoms with Crippen molar-refractivity contribution in [3.05, 3.63) is 35.4 Å². The number of benzene rings is 1. The fourth-order valence-corrected chi connectivity index (χ4v) is 2.59. The van der Waals surface area contributed by atoms with Gasteiger partial charge in [-0.2, -0.15) is 0 Å². The van der Waals surface area contributed by atoms with Gasteiger partial charge in [0, 0.05) is 12.3 Å².